The molecular weight excluding hydrogens is 216 g/mol. The van der Waals surface area contributed by atoms with Gasteiger partial charge in [-0.1, -0.05) is 0 Å². The Bertz CT molecular complexity index is 378. The Hall–Kier alpha value is -2.50. The lowest BCUT2D eigenvalue weighted by atomic mass is 10.1. The number of ether oxygens (including phenoxy) is 2. The van der Waals surface area contributed by atoms with Crippen LogP contribution in [0.25, 0.3) is 0 Å². The van der Waals surface area contributed by atoms with Gasteiger partial charge in [0.25, 0.3) is 0 Å². The van der Waals surface area contributed by atoms with Crippen LogP contribution in [0, 0.1) is 0 Å². The molecule has 1 rings (SSSR count). The van der Waals surface area contributed by atoms with Gasteiger partial charge in [-0.3, -0.25) is 9.59 Å². The van der Waals surface area contributed by atoms with Gasteiger partial charge in [0.05, 0.1) is 11.1 Å². The van der Waals surface area contributed by atoms with E-state index in [1.165, 1.54) is 24.3 Å². The summed E-state index contributed by atoms with van der Waals surface area (Å²) in [5, 5.41) is 0. The molecule has 0 saturated heterocycles. The van der Waals surface area contributed by atoms with Gasteiger partial charge in [0.15, 0.2) is 0 Å². The summed E-state index contributed by atoms with van der Waals surface area (Å²) in [6.45, 7) is 0.0216. The van der Waals surface area contributed by atoms with Crippen molar-refractivity contribution in [3.63, 3.8) is 0 Å². The highest BCUT2D eigenvalue weighted by Crippen LogP contribution is 2.06. The smallest absolute Gasteiger partial charge is 0.345 e. The zero-order valence-electron chi connectivity index (χ0n) is 7.91. The fraction of sp³-hybridized carbons (Fsp3) is 0. The van der Waals surface area contributed by atoms with Crippen molar-refractivity contribution in [3.8, 4) is 0 Å². The van der Waals surface area contributed by atoms with E-state index < -0.39 is 11.9 Å². The molecule has 0 unspecified atom stereocenters. The summed E-state index contributed by atoms with van der Waals surface area (Å²) in [4.78, 5) is 41.8. The van der Waals surface area contributed by atoms with Gasteiger partial charge in [-0.25, -0.2) is 9.59 Å². The van der Waals surface area contributed by atoms with E-state index in [-0.39, 0.29) is 24.1 Å². The van der Waals surface area contributed by atoms with Crippen LogP contribution in [0.15, 0.2) is 24.3 Å². The predicted octanol–water partition coefficient (Wildman–Crippen LogP) is 0.313. The van der Waals surface area contributed by atoms with E-state index in [0.29, 0.717) is 0 Å². The number of carbonyl (C=O) groups excluding carboxylic acids is 4. The van der Waals surface area contributed by atoms with Gasteiger partial charge in [-0.15, -0.1) is 0 Å². The minimum absolute atomic E-state index is 0.0108. The molecule has 0 spiro atoms. The first-order chi connectivity index (χ1) is 7.69. The fourth-order valence-corrected chi connectivity index (χ4v) is 0.966. The van der Waals surface area contributed by atoms with Crippen molar-refractivity contribution < 1.29 is 28.7 Å². The molecule has 1 aromatic rings. The maximum atomic E-state index is 11.0. The van der Waals surface area contributed by atoms with Crippen molar-refractivity contribution in [2.24, 2.45) is 0 Å². The molecular formula is C10H6O6. The SMILES string of the molecule is O=COC(=O)c1ccc(C(=O)OC=O)cc1. The van der Waals surface area contributed by atoms with Crippen molar-refractivity contribution in [2.45, 2.75) is 0 Å². The molecule has 0 saturated carbocycles. The first-order valence-electron chi connectivity index (χ1n) is 4.08. The van der Waals surface area contributed by atoms with Gasteiger partial charge >= 0.3 is 24.9 Å². The van der Waals surface area contributed by atoms with Crippen LogP contribution < -0.4 is 0 Å². The van der Waals surface area contributed by atoms with E-state index in [1.54, 1.807) is 0 Å². The lowest BCUT2D eigenvalue weighted by Crippen LogP contribution is -2.06. The number of carbonyl (C=O) groups is 4. The summed E-state index contributed by atoms with van der Waals surface area (Å²) in [7, 11) is 0. The summed E-state index contributed by atoms with van der Waals surface area (Å²) >= 11 is 0. The molecule has 82 valence electrons. The number of esters is 2. The van der Waals surface area contributed by atoms with Gasteiger partial charge in [0, 0.05) is 0 Å². The van der Waals surface area contributed by atoms with E-state index in [1.807, 2.05) is 0 Å². The highest BCUT2D eigenvalue weighted by Gasteiger charge is 2.10. The molecule has 0 aromatic heterocycles. The second-order valence-electron chi connectivity index (χ2n) is 2.58. The number of hydrogen-bond acceptors (Lipinski definition) is 6. The third-order valence-electron chi connectivity index (χ3n) is 1.67. The van der Waals surface area contributed by atoms with E-state index in [2.05, 4.69) is 9.47 Å². The van der Waals surface area contributed by atoms with E-state index >= 15 is 0 Å². The second-order valence-corrected chi connectivity index (χ2v) is 2.58. The highest BCUT2D eigenvalue weighted by molar-refractivity contribution is 5.96. The Labute approximate surface area is 89.8 Å². The van der Waals surface area contributed by atoms with Crippen molar-refractivity contribution >= 4 is 24.9 Å². The van der Waals surface area contributed by atoms with Gasteiger partial charge in [-0.05, 0) is 24.3 Å². The number of benzene rings is 1. The molecule has 0 aliphatic rings. The van der Waals surface area contributed by atoms with E-state index in [0.717, 1.165) is 0 Å². The third kappa shape index (κ3) is 2.74. The first kappa shape index (κ1) is 11.6. The number of hydrogen-bond donors (Lipinski definition) is 0. The highest BCUT2D eigenvalue weighted by atomic mass is 16.6. The average molecular weight is 222 g/mol. The maximum absolute atomic E-state index is 11.0. The molecule has 1 aromatic carbocycles. The quantitative estimate of drug-likeness (QED) is 0.414. The van der Waals surface area contributed by atoms with Crippen molar-refractivity contribution in [3.05, 3.63) is 35.4 Å². The van der Waals surface area contributed by atoms with Crippen LogP contribution in [0.5, 0.6) is 0 Å². The molecule has 16 heavy (non-hydrogen) atoms. The molecule has 0 radical (unpaired) electrons. The van der Waals surface area contributed by atoms with Crippen molar-refractivity contribution in [1.29, 1.82) is 0 Å². The van der Waals surface area contributed by atoms with Crippen LogP contribution >= 0.6 is 0 Å². The lowest BCUT2D eigenvalue weighted by molar-refractivity contribution is -0.125. The molecule has 0 bridgehead atoms. The standard InChI is InChI=1S/C10H6O6/c11-5-15-9(13)7-1-2-8(4-3-7)10(14)16-6-12/h1-6H. The van der Waals surface area contributed by atoms with Crippen LogP contribution in [-0.2, 0) is 19.1 Å². The Morgan fingerprint density at radius 1 is 0.812 bits per heavy atom. The molecule has 0 heterocycles. The third-order valence-corrected chi connectivity index (χ3v) is 1.67. The first-order valence-corrected chi connectivity index (χ1v) is 4.08. The monoisotopic (exact) mass is 222 g/mol. The number of rotatable bonds is 4. The van der Waals surface area contributed by atoms with Crippen LogP contribution in [0.2, 0.25) is 0 Å². The van der Waals surface area contributed by atoms with Crippen LogP contribution in [0.3, 0.4) is 0 Å². The summed E-state index contributed by atoms with van der Waals surface area (Å²) in [5.74, 6) is -1.66. The molecule has 0 fully saturated rings. The summed E-state index contributed by atoms with van der Waals surface area (Å²) in [5.41, 5.74) is 0.213. The molecule has 6 heteroatoms. The molecule has 0 aliphatic carbocycles. The summed E-state index contributed by atoms with van der Waals surface area (Å²) < 4.78 is 8.17. The van der Waals surface area contributed by atoms with Crippen LogP contribution in [0.4, 0.5) is 0 Å². The fourth-order valence-electron chi connectivity index (χ4n) is 0.966. The Kier molecular flexibility index (Phi) is 3.90. The molecule has 0 N–H and O–H groups in total. The van der Waals surface area contributed by atoms with Gasteiger partial charge in [0.1, 0.15) is 0 Å². The topological polar surface area (TPSA) is 86.7 Å². The Morgan fingerprint density at radius 2 is 1.12 bits per heavy atom. The van der Waals surface area contributed by atoms with Gasteiger partial charge < -0.3 is 9.47 Å². The zero-order valence-corrected chi connectivity index (χ0v) is 7.91. The molecule has 6 nitrogen and oxygen atoms in total. The summed E-state index contributed by atoms with van der Waals surface area (Å²) in [6.07, 6.45) is 0. The largest absolute Gasteiger partial charge is 0.392 e. The van der Waals surface area contributed by atoms with Crippen LogP contribution in [0.1, 0.15) is 20.7 Å². The minimum Gasteiger partial charge on any atom is -0.392 e. The van der Waals surface area contributed by atoms with E-state index in [4.69, 9.17) is 0 Å². The average Bonchev–Trinajstić information content (AvgIpc) is 2.30. The van der Waals surface area contributed by atoms with Crippen LogP contribution in [-0.4, -0.2) is 24.9 Å². The van der Waals surface area contributed by atoms with Crippen molar-refractivity contribution in [2.75, 3.05) is 0 Å². The zero-order chi connectivity index (χ0) is 12.0. The summed E-state index contributed by atoms with van der Waals surface area (Å²) in [6, 6.07) is 5.08. The Balaban J connectivity index is 2.82. The maximum Gasteiger partial charge on any atom is 0.345 e. The molecule has 0 amide bonds. The predicted molar refractivity (Wildman–Crippen MR) is 49.4 cm³/mol. The van der Waals surface area contributed by atoms with Gasteiger partial charge in [-0.2, -0.15) is 0 Å². The normalized spacial score (nSPS) is 9.00. The lowest BCUT2D eigenvalue weighted by Gasteiger charge is -1.99. The minimum atomic E-state index is -0.828. The van der Waals surface area contributed by atoms with E-state index in [9.17, 15) is 19.2 Å². The second kappa shape index (κ2) is 5.40. The molecule has 0 atom stereocenters. The van der Waals surface area contributed by atoms with Crippen molar-refractivity contribution in [1.82, 2.24) is 0 Å². The molecule has 0 aliphatic heterocycles. The van der Waals surface area contributed by atoms with Gasteiger partial charge in [0.2, 0.25) is 0 Å². The Morgan fingerprint density at radius 3 is 1.38 bits per heavy atom.